The fraction of sp³-hybridized carbons (Fsp3) is 0.176. The largest absolute Gasteiger partial charge is 0.482 e. The van der Waals surface area contributed by atoms with Gasteiger partial charge >= 0.3 is 0 Å². The topological polar surface area (TPSA) is 58.6 Å². The summed E-state index contributed by atoms with van der Waals surface area (Å²) in [5.74, 6) is -2.81. The number of thioether (sulfide) groups is 1. The Labute approximate surface area is 160 Å². The Morgan fingerprint density at radius 2 is 2.12 bits per heavy atom. The Morgan fingerprint density at radius 1 is 1.31 bits per heavy atom. The van der Waals surface area contributed by atoms with E-state index in [1.54, 1.807) is 30.3 Å². The molecule has 0 saturated carbocycles. The molecule has 0 saturated heterocycles. The number of carbonyl (C=O) groups excluding carboxylic acids is 2. The lowest BCUT2D eigenvalue weighted by Gasteiger charge is -2.29. The molecular weight excluding hydrogens is 430 g/mol. The van der Waals surface area contributed by atoms with Crippen molar-refractivity contribution in [1.29, 1.82) is 0 Å². The molecule has 2 aromatic rings. The summed E-state index contributed by atoms with van der Waals surface area (Å²) >= 11 is 3.72. The molecule has 1 aliphatic heterocycles. The average molecular weight is 443 g/mol. The summed E-state index contributed by atoms with van der Waals surface area (Å²) < 4.78 is 31.1. The Morgan fingerprint density at radius 3 is 2.88 bits per heavy atom. The van der Waals surface area contributed by atoms with Crippen molar-refractivity contribution in [3.63, 3.8) is 0 Å². The molecule has 2 aromatic carbocycles. The Bertz CT molecular complexity index is 851. The molecule has 3 rings (SSSR count). The van der Waals surface area contributed by atoms with E-state index in [1.807, 2.05) is 0 Å². The van der Waals surface area contributed by atoms with Crippen LogP contribution in [0.15, 0.2) is 51.8 Å². The van der Waals surface area contributed by atoms with Crippen LogP contribution >= 0.6 is 27.7 Å². The normalized spacial score (nSPS) is 13.4. The number of halogens is 3. The van der Waals surface area contributed by atoms with Crippen LogP contribution in [0.4, 0.5) is 20.2 Å². The predicted molar refractivity (Wildman–Crippen MR) is 98.9 cm³/mol. The van der Waals surface area contributed by atoms with Crippen LogP contribution in [0.3, 0.4) is 0 Å². The van der Waals surface area contributed by atoms with E-state index >= 15 is 0 Å². The quantitative estimate of drug-likeness (QED) is 0.707. The first-order valence-electron chi connectivity index (χ1n) is 7.50. The van der Waals surface area contributed by atoms with Gasteiger partial charge in [0.2, 0.25) is 5.91 Å². The Hall–Kier alpha value is -2.13. The van der Waals surface area contributed by atoms with E-state index in [9.17, 15) is 18.4 Å². The highest BCUT2D eigenvalue weighted by atomic mass is 79.9. The number of benzene rings is 2. The highest BCUT2D eigenvalue weighted by Gasteiger charge is 2.27. The minimum absolute atomic E-state index is 0.156. The zero-order valence-electron chi connectivity index (χ0n) is 13.2. The number of nitrogens with zero attached hydrogens (tertiary/aromatic N) is 1. The van der Waals surface area contributed by atoms with E-state index < -0.39 is 11.7 Å². The molecule has 136 valence electrons. The summed E-state index contributed by atoms with van der Waals surface area (Å²) in [5.41, 5.74) is 0.888. The Kier molecular flexibility index (Phi) is 5.77. The second kappa shape index (κ2) is 8.05. The molecule has 1 N–H and O–H groups in total. The summed E-state index contributed by atoms with van der Waals surface area (Å²) in [5, 5.41) is 2.62. The van der Waals surface area contributed by atoms with E-state index in [4.69, 9.17) is 4.74 Å². The van der Waals surface area contributed by atoms with Gasteiger partial charge in [0.25, 0.3) is 11.7 Å². The van der Waals surface area contributed by atoms with Gasteiger partial charge in [0, 0.05) is 15.1 Å². The SMILES string of the molecule is O=C(CN1C(=O)COc2cc(Br)ccc21)Nc1cccc(SC(F)F)c1. The number of alkyl halides is 2. The van der Waals surface area contributed by atoms with Gasteiger partial charge in [-0.3, -0.25) is 14.5 Å². The van der Waals surface area contributed by atoms with Crippen LogP contribution in [0.2, 0.25) is 0 Å². The second-order valence-corrected chi connectivity index (χ2v) is 7.31. The Balaban J connectivity index is 1.71. The average Bonchev–Trinajstić information content (AvgIpc) is 2.57. The molecule has 1 heterocycles. The molecular formula is C17H13BrF2N2O3S. The maximum Gasteiger partial charge on any atom is 0.288 e. The van der Waals surface area contributed by atoms with Crippen LogP contribution in [0.1, 0.15) is 0 Å². The lowest BCUT2D eigenvalue weighted by Crippen LogP contribution is -2.43. The number of nitrogens with one attached hydrogen (secondary N) is 1. The monoisotopic (exact) mass is 442 g/mol. The molecule has 9 heteroatoms. The van der Waals surface area contributed by atoms with Crippen molar-refractivity contribution in [2.24, 2.45) is 0 Å². The van der Waals surface area contributed by atoms with Crippen molar-refractivity contribution in [1.82, 2.24) is 0 Å². The molecule has 0 fully saturated rings. The van der Waals surface area contributed by atoms with E-state index in [-0.39, 0.29) is 19.1 Å². The molecule has 0 aliphatic carbocycles. The van der Waals surface area contributed by atoms with Gasteiger partial charge in [-0.25, -0.2) is 0 Å². The van der Waals surface area contributed by atoms with Gasteiger partial charge in [0.05, 0.1) is 5.69 Å². The summed E-state index contributed by atoms with van der Waals surface area (Å²) in [4.78, 5) is 26.1. The van der Waals surface area contributed by atoms with Gasteiger partial charge in [0.1, 0.15) is 12.3 Å². The number of rotatable bonds is 5. The van der Waals surface area contributed by atoms with Gasteiger partial charge in [-0.2, -0.15) is 8.78 Å². The van der Waals surface area contributed by atoms with Crippen LogP contribution in [0.5, 0.6) is 5.75 Å². The van der Waals surface area contributed by atoms with Crippen molar-refractivity contribution in [2.45, 2.75) is 10.7 Å². The summed E-state index contributed by atoms with van der Waals surface area (Å²) in [6, 6.07) is 11.3. The first-order valence-corrected chi connectivity index (χ1v) is 9.17. The van der Waals surface area contributed by atoms with Crippen molar-refractivity contribution >= 4 is 50.9 Å². The number of amides is 2. The minimum Gasteiger partial charge on any atom is -0.482 e. The van der Waals surface area contributed by atoms with Gasteiger partial charge in [-0.05, 0) is 36.4 Å². The number of hydrogen-bond acceptors (Lipinski definition) is 4. The van der Waals surface area contributed by atoms with Crippen molar-refractivity contribution in [3.8, 4) is 5.75 Å². The van der Waals surface area contributed by atoms with Gasteiger partial charge in [-0.15, -0.1) is 0 Å². The molecule has 0 spiro atoms. The molecule has 0 unspecified atom stereocenters. The fourth-order valence-electron chi connectivity index (χ4n) is 2.45. The highest BCUT2D eigenvalue weighted by Crippen LogP contribution is 2.34. The third-order valence-corrected chi connectivity index (χ3v) is 4.71. The molecule has 5 nitrogen and oxygen atoms in total. The predicted octanol–water partition coefficient (Wildman–Crippen LogP) is 4.13. The van der Waals surface area contributed by atoms with Gasteiger partial charge in [0.15, 0.2) is 6.61 Å². The molecule has 0 atom stereocenters. The number of hydrogen-bond donors (Lipinski definition) is 1. The minimum atomic E-state index is -2.54. The molecule has 0 bridgehead atoms. The fourth-order valence-corrected chi connectivity index (χ4v) is 3.34. The summed E-state index contributed by atoms with van der Waals surface area (Å²) in [6.45, 7) is -0.361. The zero-order valence-corrected chi connectivity index (χ0v) is 15.6. The molecule has 26 heavy (non-hydrogen) atoms. The molecule has 2 amide bonds. The number of carbonyl (C=O) groups is 2. The van der Waals surface area contributed by atoms with Gasteiger partial charge in [-0.1, -0.05) is 33.8 Å². The first-order chi connectivity index (χ1) is 12.4. The molecule has 1 aliphatic rings. The summed E-state index contributed by atoms with van der Waals surface area (Å²) in [7, 11) is 0. The third-order valence-electron chi connectivity index (χ3n) is 3.51. The number of ether oxygens (including phenoxy) is 1. The van der Waals surface area contributed by atoms with Crippen LogP contribution in [-0.4, -0.2) is 30.7 Å². The van der Waals surface area contributed by atoms with E-state index in [2.05, 4.69) is 21.2 Å². The lowest BCUT2D eigenvalue weighted by atomic mass is 10.2. The molecule has 0 radical (unpaired) electrons. The van der Waals surface area contributed by atoms with Crippen LogP contribution in [0, 0.1) is 0 Å². The van der Waals surface area contributed by atoms with E-state index in [0.29, 0.717) is 33.8 Å². The number of fused-ring (bicyclic) bond motifs is 1. The van der Waals surface area contributed by atoms with Crippen LogP contribution in [-0.2, 0) is 9.59 Å². The standard InChI is InChI=1S/C17H13BrF2N2O3S/c18-10-4-5-13-14(6-10)25-9-16(24)22(13)8-15(23)21-11-2-1-3-12(7-11)26-17(19)20/h1-7,17H,8-9H2,(H,21,23). The van der Waals surface area contributed by atoms with Crippen LogP contribution < -0.4 is 15.0 Å². The lowest BCUT2D eigenvalue weighted by molar-refractivity contribution is -0.123. The van der Waals surface area contributed by atoms with Gasteiger partial charge < -0.3 is 10.1 Å². The van der Waals surface area contributed by atoms with Crippen molar-refractivity contribution in [3.05, 3.63) is 46.9 Å². The van der Waals surface area contributed by atoms with Crippen LogP contribution in [0.25, 0.3) is 0 Å². The first kappa shape index (κ1) is 18.7. The van der Waals surface area contributed by atoms with E-state index in [0.717, 1.165) is 4.47 Å². The maximum atomic E-state index is 12.5. The highest BCUT2D eigenvalue weighted by molar-refractivity contribution is 9.10. The third kappa shape index (κ3) is 4.53. The smallest absolute Gasteiger partial charge is 0.288 e. The number of anilines is 2. The maximum absolute atomic E-state index is 12.5. The zero-order chi connectivity index (χ0) is 18.7. The van der Waals surface area contributed by atoms with Crippen molar-refractivity contribution in [2.75, 3.05) is 23.4 Å². The second-order valence-electron chi connectivity index (χ2n) is 5.34. The van der Waals surface area contributed by atoms with Crippen molar-refractivity contribution < 1.29 is 23.1 Å². The summed E-state index contributed by atoms with van der Waals surface area (Å²) in [6.07, 6.45) is 0. The van der Waals surface area contributed by atoms with E-state index in [1.165, 1.54) is 17.0 Å². The molecule has 0 aromatic heterocycles.